The van der Waals surface area contributed by atoms with Crippen molar-refractivity contribution in [3.8, 4) is 11.4 Å². The quantitative estimate of drug-likeness (QED) is 0.280. The van der Waals surface area contributed by atoms with Gasteiger partial charge in [-0.2, -0.15) is 0 Å². The molecule has 0 bridgehead atoms. The summed E-state index contributed by atoms with van der Waals surface area (Å²) >= 11 is 7.81. The summed E-state index contributed by atoms with van der Waals surface area (Å²) in [5.74, 6) is 1.38. The third kappa shape index (κ3) is 3.82. The van der Waals surface area contributed by atoms with E-state index in [1.165, 1.54) is 22.7 Å². The largest absolute Gasteiger partial charge is 0.495 e. The van der Waals surface area contributed by atoms with E-state index >= 15 is 0 Å². The molecular formula is C22H18ClN7O2S. The van der Waals surface area contributed by atoms with E-state index in [2.05, 4.69) is 19.9 Å². The van der Waals surface area contributed by atoms with Gasteiger partial charge in [0.25, 0.3) is 5.56 Å². The van der Waals surface area contributed by atoms with Gasteiger partial charge in [0.1, 0.15) is 28.4 Å². The van der Waals surface area contributed by atoms with Crippen LogP contribution in [0.3, 0.4) is 0 Å². The van der Waals surface area contributed by atoms with Crippen LogP contribution in [-0.4, -0.2) is 36.6 Å². The lowest BCUT2D eigenvalue weighted by Gasteiger charge is -2.17. The number of thioether (sulfide) groups is 1. The minimum Gasteiger partial charge on any atom is -0.495 e. The number of aromatic nitrogens is 6. The van der Waals surface area contributed by atoms with E-state index < -0.39 is 0 Å². The molecular weight excluding hydrogens is 462 g/mol. The number of methoxy groups -OCH3 is 1. The predicted octanol–water partition coefficient (Wildman–Crippen LogP) is 3.47. The minimum atomic E-state index is -0.289. The molecule has 3 heterocycles. The molecule has 0 aliphatic heterocycles. The van der Waals surface area contributed by atoms with Gasteiger partial charge >= 0.3 is 0 Å². The lowest BCUT2D eigenvalue weighted by Crippen LogP contribution is -2.24. The number of ether oxygens (including phenoxy) is 1. The number of benzene rings is 2. The minimum absolute atomic E-state index is 0.289. The van der Waals surface area contributed by atoms with Crippen LogP contribution >= 0.6 is 23.4 Å². The number of halogens is 1. The Kier molecular flexibility index (Phi) is 5.71. The van der Waals surface area contributed by atoms with Crippen molar-refractivity contribution >= 4 is 45.4 Å². The molecule has 0 fully saturated rings. The Hall–Kier alpha value is -3.47. The first kappa shape index (κ1) is 21.4. The Bertz CT molecular complexity index is 1550. The maximum atomic E-state index is 13.7. The van der Waals surface area contributed by atoms with Gasteiger partial charge in [0.2, 0.25) is 0 Å². The zero-order chi connectivity index (χ0) is 22.9. The van der Waals surface area contributed by atoms with Crippen molar-refractivity contribution in [2.45, 2.75) is 17.3 Å². The van der Waals surface area contributed by atoms with E-state index in [1.54, 1.807) is 37.7 Å². The third-order valence-electron chi connectivity index (χ3n) is 5.16. The van der Waals surface area contributed by atoms with Crippen molar-refractivity contribution in [2.75, 3.05) is 7.11 Å². The smallest absolute Gasteiger partial charge is 0.267 e. The molecule has 3 N–H and O–H groups in total. The molecule has 0 saturated heterocycles. The average molecular weight is 480 g/mol. The Morgan fingerprint density at radius 1 is 1.21 bits per heavy atom. The second-order valence-electron chi connectivity index (χ2n) is 7.08. The van der Waals surface area contributed by atoms with Crippen molar-refractivity contribution in [3.05, 3.63) is 75.8 Å². The van der Waals surface area contributed by atoms with Crippen molar-refractivity contribution in [1.29, 1.82) is 0 Å². The number of H-pyrrole nitrogens is 1. The zero-order valence-corrected chi connectivity index (χ0v) is 19.0. The highest BCUT2D eigenvalue weighted by Crippen LogP contribution is 2.30. The molecule has 0 aliphatic rings. The maximum Gasteiger partial charge on any atom is 0.267 e. The summed E-state index contributed by atoms with van der Waals surface area (Å²) in [5, 5.41) is 1.38. The molecule has 3 aromatic heterocycles. The van der Waals surface area contributed by atoms with E-state index in [9.17, 15) is 4.79 Å². The summed E-state index contributed by atoms with van der Waals surface area (Å²) in [7, 11) is 1.55. The average Bonchev–Trinajstić information content (AvgIpc) is 3.32. The van der Waals surface area contributed by atoms with Crippen molar-refractivity contribution < 1.29 is 4.74 Å². The first-order valence-corrected chi connectivity index (χ1v) is 11.3. The molecule has 0 saturated carbocycles. The lowest BCUT2D eigenvalue weighted by molar-refractivity contribution is 0.412. The van der Waals surface area contributed by atoms with E-state index in [1.807, 2.05) is 12.1 Å². The van der Waals surface area contributed by atoms with Gasteiger partial charge in [-0.1, -0.05) is 35.5 Å². The van der Waals surface area contributed by atoms with Gasteiger partial charge in [-0.3, -0.25) is 9.36 Å². The van der Waals surface area contributed by atoms with Crippen LogP contribution in [0.5, 0.6) is 5.75 Å². The number of hydrogen-bond acceptors (Lipinski definition) is 8. The van der Waals surface area contributed by atoms with Gasteiger partial charge in [0.15, 0.2) is 5.65 Å². The Morgan fingerprint density at radius 3 is 2.91 bits per heavy atom. The fourth-order valence-corrected chi connectivity index (χ4v) is 4.73. The van der Waals surface area contributed by atoms with Gasteiger partial charge < -0.3 is 15.5 Å². The number of rotatable bonds is 6. The number of aromatic amines is 1. The monoisotopic (exact) mass is 479 g/mol. The van der Waals surface area contributed by atoms with E-state index in [0.29, 0.717) is 56.2 Å². The van der Waals surface area contributed by atoms with E-state index in [-0.39, 0.29) is 5.56 Å². The first-order valence-electron chi connectivity index (χ1n) is 9.95. The summed E-state index contributed by atoms with van der Waals surface area (Å²) in [5.41, 5.74) is 8.78. The van der Waals surface area contributed by atoms with Crippen LogP contribution in [0.25, 0.3) is 27.8 Å². The molecule has 5 aromatic rings. The molecule has 166 valence electrons. The van der Waals surface area contributed by atoms with Crippen molar-refractivity contribution in [1.82, 2.24) is 29.5 Å². The number of fused-ring (bicyclic) bond motifs is 2. The number of imidazole rings is 1. The van der Waals surface area contributed by atoms with Crippen LogP contribution in [0.4, 0.5) is 0 Å². The van der Waals surface area contributed by atoms with E-state index in [4.69, 9.17) is 27.1 Å². The summed E-state index contributed by atoms with van der Waals surface area (Å²) in [6.45, 7) is 0.316. The normalized spacial score (nSPS) is 11.4. The van der Waals surface area contributed by atoms with Crippen molar-refractivity contribution in [3.63, 3.8) is 0 Å². The molecule has 2 aromatic carbocycles. The van der Waals surface area contributed by atoms with Crippen LogP contribution in [0, 0.1) is 0 Å². The standard InChI is InChI=1S/C22H18ClN7O2S/c1-32-16-6-5-12(8-24)7-15(16)30-17(29-14-4-2-3-13(23)18(14)22(30)31)9-33-21-19-20(26-10-25-19)27-11-28-21/h2-7,10-11H,8-9,24H2,1H3,(H,25,26,27,28). The molecule has 5 rings (SSSR count). The van der Waals surface area contributed by atoms with Gasteiger partial charge in [-0.25, -0.2) is 19.9 Å². The highest BCUT2D eigenvalue weighted by molar-refractivity contribution is 7.98. The topological polar surface area (TPSA) is 125 Å². The number of hydrogen-bond donors (Lipinski definition) is 2. The molecule has 0 unspecified atom stereocenters. The molecule has 9 nitrogen and oxygen atoms in total. The highest BCUT2D eigenvalue weighted by Gasteiger charge is 2.19. The third-order valence-corrected chi connectivity index (χ3v) is 6.46. The molecule has 11 heteroatoms. The van der Waals surface area contributed by atoms with Crippen molar-refractivity contribution in [2.24, 2.45) is 5.73 Å². The Labute approximate surface area is 197 Å². The first-order chi connectivity index (χ1) is 16.1. The lowest BCUT2D eigenvalue weighted by atomic mass is 10.1. The summed E-state index contributed by atoms with van der Waals surface area (Å²) in [6.07, 6.45) is 3.03. The van der Waals surface area contributed by atoms with Crippen LogP contribution in [0.15, 0.2) is 58.9 Å². The summed E-state index contributed by atoms with van der Waals surface area (Å²) in [4.78, 5) is 34.2. The Balaban J connectivity index is 1.71. The number of nitrogens with zero attached hydrogens (tertiary/aromatic N) is 5. The van der Waals surface area contributed by atoms with Crippen LogP contribution in [0.1, 0.15) is 11.4 Å². The SMILES string of the molecule is COc1ccc(CN)cc1-n1c(CSc2ncnc3nc[nH]c23)nc2cccc(Cl)c2c1=O. The van der Waals surface area contributed by atoms with Crippen LogP contribution in [-0.2, 0) is 12.3 Å². The van der Waals surface area contributed by atoms with E-state index in [0.717, 1.165) is 11.1 Å². The molecule has 0 spiro atoms. The second-order valence-corrected chi connectivity index (χ2v) is 8.45. The van der Waals surface area contributed by atoms with Crippen LogP contribution < -0.4 is 16.0 Å². The highest BCUT2D eigenvalue weighted by atomic mass is 35.5. The zero-order valence-electron chi connectivity index (χ0n) is 17.4. The molecule has 0 amide bonds. The van der Waals surface area contributed by atoms with Crippen LogP contribution in [0.2, 0.25) is 5.02 Å². The molecule has 33 heavy (non-hydrogen) atoms. The van der Waals surface area contributed by atoms with Gasteiger partial charge in [0, 0.05) is 6.54 Å². The summed E-state index contributed by atoms with van der Waals surface area (Å²) < 4.78 is 7.09. The van der Waals surface area contributed by atoms with Gasteiger partial charge in [-0.15, -0.1) is 0 Å². The van der Waals surface area contributed by atoms with Gasteiger partial charge in [0.05, 0.1) is 40.8 Å². The molecule has 0 radical (unpaired) electrons. The van der Waals surface area contributed by atoms with Gasteiger partial charge in [-0.05, 0) is 29.8 Å². The predicted molar refractivity (Wildman–Crippen MR) is 128 cm³/mol. The fraction of sp³-hybridized carbons (Fsp3) is 0.136. The Morgan fingerprint density at radius 2 is 2.09 bits per heavy atom. The fourth-order valence-electron chi connectivity index (χ4n) is 3.60. The number of nitrogens with one attached hydrogen (secondary N) is 1. The summed E-state index contributed by atoms with van der Waals surface area (Å²) in [6, 6.07) is 10.7. The molecule has 0 aliphatic carbocycles. The maximum absolute atomic E-state index is 13.7. The molecule has 0 atom stereocenters. The second kappa shape index (κ2) is 8.81. The number of nitrogens with two attached hydrogens (primary N) is 1.